The highest BCUT2D eigenvalue weighted by molar-refractivity contribution is 7.99. The Balaban J connectivity index is 2.33. The van der Waals surface area contributed by atoms with E-state index < -0.39 is 12.1 Å². The van der Waals surface area contributed by atoms with Crippen molar-refractivity contribution in [2.45, 2.75) is 11.0 Å². The minimum Gasteiger partial charge on any atom is -0.481 e. The highest BCUT2D eigenvalue weighted by atomic mass is 32.2. The fraction of sp³-hybridized carbons (Fsp3) is 0.222. The van der Waals surface area contributed by atoms with Gasteiger partial charge in [-0.05, 0) is 17.7 Å². The Morgan fingerprint density at radius 1 is 1.57 bits per heavy atom. The lowest BCUT2D eigenvalue weighted by Crippen LogP contribution is -2.10. The second kappa shape index (κ2) is 3.51. The number of rotatable bonds is 2. The van der Waals surface area contributed by atoms with Gasteiger partial charge in [0.25, 0.3) is 0 Å². The van der Waals surface area contributed by atoms with Crippen LogP contribution in [0, 0.1) is 0 Å². The second-order valence-electron chi connectivity index (χ2n) is 2.85. The molecule has 0 aliphatic carbocycles. The summed E-state index contributed by atoms with van der Waals surface area (Å²) >= 11 is 1.48. The van der Waals surface area contributed by atoms with Crippen LogP contribution in [0.5, 0.6) is 5.75 Å². The third-order valence-electron chi connectivity index (χ3n) is 1.95. The van der Waals surface area contributed by atoms with Crippen LogP contribution in [0.25, 0.3) is 0 Å². The van der Waals surface area contributed by atoms with Crippen LogP contribution < -0.4 is 4.74 Å². The molecule has 2 N–H and O–H groups in total. The average molecular weight is 212 g/mol. The van der Waals surface area contributed by atoms with Crippen LogP contribution in [0.2, 0.25) is 0 Å². The number of benzene rings is 1. The summed E-state index contributed by atoms with van der Waals surface area (Å²) in [6.07, 6.45) is -1.46. The first-order valence-corrected chi connectivity index (χ1v) is 4.97. The lowest BCUT2D eigenvalue weighted by Gasteiger charge is -2.06. The van der Waals surface area contributed by atoms with Gasteiger partial charge in [0.15, 0.2) is 6.10 Å². The molecule has 1 heterocycles. The molecule has 1 atom stereocenters. The van der Waals surface area contributed by atoms with Crippen LogP contribution in [0.1, 0.15) is 11.7 Å². The molecule has 5 heteroatoms. The number of hydrogen-bond donors (Lipinski definition) is 2. The van der Waals surface area contributed by atoms with Gasteiger partial charge in [0.2, 0.25) is 0 Å². The van der Waals surface area contributed by atoms with Crippen LogP contribution in [0.15, 0.2) is 23.1 Å². The molecule has 0 saturated heterocycles. The molecule has 1 unspecified atom stereocenters. The van der Waals surface area contributed by atoms with E-state index in [0.29, 0.717) is 11.5 Å². The zero-order valence-corrected chi connectivity index (χ0v) is 7.95. The largest absolute Gasteiger partial charge is 0.481 e. The molecule has 1 aromatic rings. The molecule has 0 amide bonds. The van der Waals surface area contributed by atoms with Crippen LogP contribution >= 0.6 is 11.8 Å². The lowest BCUT2D eigenvalue weighted by atomic mass is 10.1. The number of carboxylic acid groups (broad SMARTS) is 1. The second-order valence-corrected chi connectivity index (χ2v) is 3.82. The monoisotopic (exact) mass is 212 g/mol. The van der Waals surface area contributed by atoms with E-state index >= 15 is 0 Å². The van der Waals surface area contributed by atoms with E-state index in [1.807, 2.05) is 0 Å². The maximum atomic E-state index is 10.5. The highest BCUT2D eigenvalue weighted by Crippen LogP contribution is 2.37. The Hall–Kier alpha value is -1.20. The molecular weight excluding hydrogens is 204 g/mol. The van der Waals surface area contributed by atoms with E-state index in [1.165, 1.54) is 11.8 Å². The van der Waals surface area contributed by atoms with E-state index in [-0.39, 0.29) is 0 Å². The third kappa shape index (κ3) is 1.56. The smallest absolute Gasteiger partial charge is 0.337 e. The fourth-order valence-electron chi connectivity index (χ4n) is 1.23. The summed E-state index contributed by atoms with van der Waals surface area (Å²) in [4.78, 5) is 11.4. The fourth-order valence-corrected chi connectivity index (χ4v) is 2.03. The molecule has 0 saturated carbocycles. The molecular formula is C9H8O4S. The summed E-state index contributed by atoms with van der Waals surface area (Å²) < 4.78 is 5.23. The van der Waals surface area contributed by atoms with Gasteiger partial charge in [-0.25, -0.2) is 4.79 Å². The summed E-state index contributed by atoms with van der Waals surface area (Å²) in [6.45, 7) is 0. The first-order valence-electron chi connectivity index (χ1n) is 3.99. The third-order valence-corrected chi connectivity index (χ3v) is 2.81. The molecule has 74 valence electrons. The van der Waals surface area contributed by atoms with Gasteiger partial charge >= 0.3 is 5.97 Å². The van der Waals surface area contributed by atoms with Gasteiger partial charge in [0, 0.05) is 0 Å². The van der Waals surface area contributed by atoms with Gasteiger partial charge in [-0.15, -0.1) is 0 Å². The van der Waals surface area contributed by atoms with E-state index in [0.717, 1.165) is 10.6 Å². The van der Waals surface area contributed by atoms with Crippen LogP contribution in [-0.4, -0.2) is 22.1 Å². The number of carboxylic acids is 1. The summed E-state index contributed by atoms with van der Waals surface area (Å²) in [7, 11) is 0. The standard InChI is InChI=1S/C9H8O4S/c10-8(9(11)12)5-1-2-6-7(3-5)14-4-13-6/h1-3,8,10H,4H2,(H,11,12). The number of aliphatic hydroxyl groups is 1. The summed E-state index contributed by atoms with van der Waals surface area (Å²) in [5, 5.41) is 17.9. The van der Waals surface area contributed by atoms with Gasteiger partial charge in [-0.1, -0.05) is 17.8 Å². The van der Waals surface area contributed by atoms with Gasteiger partial charge in [0.05, 0.1) is 4.90 Å². The number of ether oxygens (including phenoxy) is 1. The van der Waals surface area contributed by atoms with Gasteiger partial charge in [0.1, 0.15) is 11.7 Å². The van der Waals surface area contributed by atoms with Crippen molar-refractivity contribution in [1.82, 2.24) is 0 Å². The van der Waals surface area contributed by atoms with Gasteiger partial charge in [-0.2, -0.15) is 0 Å². The number of aliphatic hydroxyl groups excluding tert-OH is 1. The average Bonchev–Trinajstić information content (AvgIpc) is 2.62. The number of fused-ring (bicyclic) bond motifs is 1. The van der Waals surface area contributed by atoms with Crippen LogP contribution in [-0.2, 0) is 4.79 Å². The molecule has 0 radical (unpaired) electrons. The molecule has 2 rings (SSSR count). The Morgan fingerprint density at radius 3 is 3.07 bits per heavy atom. The maximum Gasteiger partial charge on any atom is 0.337 e. The van der Waals surface area contributed by atoms with E-state index in [1.54, 1.807) is 18.2 Å². The molecule has 0 fully saturated rings. The Labute approximate surface area is 84.5 Å². The van der Waals surface area contributed by atoms with Crippen molar-refractivity contribution in [3.63, 3.8) is 0 Å². The van der Waals surface area contributed by atoms with Gasteiger partial charge in [-0.3, -0.25) is 0 Å². The zero-order chi connectivity index (χ0) is 10.1. The molecule has 4 nitrogen and oxygen atoms in total. The Morgan fingerprint density at radius 2 is 2.36 bits per heavy atom. The molecule has 1 aliphatic rings. The first-order chi connectivity index (χ1) is 6.68. The minimum atomic E-state index is -1.46. The van der Waals surface area contributed by atoms with E-state index in [9.17, 15) is 9.90 Å². The van der Waals surface area contributed by atoms with Crippen LogP contribution in [0.3, 0.4) is 0 Å². The van der Waals surface area contributed by atoms with Crippen molar-refractivity contribution in [2.75, 3.05) is 5.94 Å². The van der Waals surface area contributed by atoms with Crippen molar-refractivity contribution >= 4 is 17.7 Å². The predicted octanol–water partition coefficient (Wildman–Crippen LogP) is 1.25. The topological polar surface area (TPSA) is 66.8 Å². The van der Waals surface area contributed by atoms with E-state index in [2.05, 4.69) is 0 Å². The van der Waals surface area contributed by atoms with Crippen LogP contribution in [0.4, 0.5) is 0 Å². The zero-order valence-electron chi connectivity index (χ0n) is 7.14. The van der Waals surface area contributed by atoms with Crippen molar-refractivity contribution < 1.29 is 19.7 Å². The number of thioether (sulfide) groups is 1. The molecule has 0 spiro atoms. The maximum absolute atomic E-state index is 10.5. The van der Waals surface area contributed by atoms with Crippen molar-refractivity contribution in [2.24, 2.45) is 0 Å². The summed E-state index contributed by atoms with van der Waals surface area (Å²) in [6, 6.07) is 4.88. The first kappa shape index (κ1) is 9.36. The Kier molecular flexibility index (Phi) is 2.35. The van der Waals surface area contributed by atoms with E-state index in [4.69, 9.17) is 9.84 Å². The molecule has 0 bridgehead atoms. The predicted molar refractivity (Wildman–Crippen MR) is 50.4 cm³/mol. The normalized spacial score (nSPS) is 15.8. The highest BCUT2D eigenvalue weighted by Gasteiger charge is 2.19. The molecule has 0 aromatic heterocycles. The minimum absolute atomic E-state index is 0.384. The number of hydrogen-bond acceptors (Lipinski definition) is 4. The number of carbonyl (C=O) groups is 1. The summed E-state index contributed by atoms with van der Waals surface area (Å²) in [5.41, 5.74) is 0.384. The molecule has 1 aliphatic heterocycles. The SMILES string of the molecule is O=C(O)C(O)c1ccc2c(c1)SCO2. The van der Waals surface area contributed by atoms with Crippen molar-refractivity contribution in [1.29, 1.82) is 0 Å². The van der Waals surface area contributed by atoms with Gasteiger partial charge < -0.3 is 14.9 Å². The summed E-state index contributed by atoms with van der Waals surface area (Å²) in [5.74, 6) is 0.0484. The molecule has 14 heavy (non-hydrogen) atoms. The Bertz CT molecular complexity index is 377. The lowest BCUT2D eigenvalue weighted by molar-refractivity contribution is -0.146. The molecule has 1 aromatic carbocycles. The quantitative estimate of drug-likeness (QED) is 0.772. The van der Waals surface area contributed by atoms with Crippen molar-refractivity contribution in [3.05, 3.63) is 23.8 Å². The number of aliphatic carboxylic acids is 1. The van der Waals surface area contributed by atoms with Crippen molar-refractivity contribution in [3.8, 4) is 5.75 Å².